The number of amides is 8. The molecule has 1 heterocycles. The largest absolute Gasteiger partial charge is 0.379 e. The molecule has 2 atom stereocenters. The number of imide groups is 1. The van der Waals surface area contributed by atoms with Crippen LogP contribution in [0.5, 0.6) is 0 Å². The first-order valence-electron chi connectivity index (χ1n) is 22.4. The zero-order chi connectivity index (χ0) is 48.9. The summed E-state index contributed by atoms with van der Waals surface area (Å²) in [6.45, 7) is 9.85. The number of anilines is 1. The molecule has 8 amide bonds. The van der Waals surface area contributed by atoms with Gasteiger partial charge in [-0.3, -0.25) is 33.7 Å². The van der Waals surface area contributed by atoms with Gasteiger partial charge < -0.3 is 70.2 Å². The van der Waals surface area contributed by atoms with E-state index in [2.05, 4.69) is 26.6 Å². The summed E-state index contributed by atoms with van der Waals surface area (Å²) in [6, 6.07) is 4.41. The quantitative estimate of drug-likeness (QED) is 0.0294. The minimum Gasteiger partial charge on any atom is -0.379 e. The molecule has 0 aromatic heterocycles. The van der Waals surface area contributed by atoms with E-state index in [-0.39, 0.29) is 63.3 Å². The monoisotopic (exact) mass is 971 g/mol. The number of benzene rings is 1. The Morgan fingerprint density at radius 2 is 1.07 bits per heavy atom. The Bertz CT molecular complexity index is 1620. The highest BCUT2D eigenvalue weighted by Gasteiger charge is 2.29. The van der Waals surface area contributed by atoms with Crippen LogP contribution in [0.3, 0.4) is 0 Å². The van der Waals surface area contributed by atoms with Crippen LogP contribution in [0.1, 0.15) is 45.1 Å². The lowest BCUT2D eigenvalue weighted by atomic mass is 10.0. The summed E-state index contributed by atoms with van der Waals surface area (Å²) in [5.41, 5.74) is 6.55. The summed E-state index contributed by atoms with van der Waals surface area (Å²) in [5, 5.41) is 13.4. The number of ether oxygens (including phenoxy) is 8. The number of primary amides is 1. The lowest BCUT2D eigenvalue weighted by Crippen LogP contribution is -2.54. The van der Waals surface area contributed by atoms with Crippen molar-refractivity contribution in [2.75, 3.05) is 131 Å². The molecule has 0 aliphatic carbocycles. The van der Waals surface area contributed by atoms with Crippen molar-refractivity contribution in [2.24, 2.45) is 11.7 Å². The number of halogens is 1. The topological polar surface area (TPSA) is 283 Å². The van der Waals surface area contributed by atoms with Crippen LogP contribution in [0.2, 0.25) is 0 Å². The normalized spacial score (nSPS) is 13.2. The average Bonchev–Trinajstić information content (AvgIpc) is 3.63. The van der Waals surface area contributed by atoms with Gasteiger partial charge in [-0.25, -0.2) is 4.79 Å². The molecular weight excluding hydrogens is 902 g/mol. The third-order valence-corrected chi connectivity index (χ3v) is 9.66. The highest BCUT2D eigenvalue weighted by atomic mass is 35.5. The van der Waals surface area contributed by atoms with E-state index < -0.39 is 41.7 Å². The van der Waals surface area contributed by atoms with Crippen LogP contribution in [-0.4, -0.2) is 184 Å². The van der Waals surface area contributed by atoms with Crippen LogP contribution < -0.4 is 32.3 Å². The molecule has 1 aromatic carbocycles. The van der Waals surface area contributed by atoms with Crippen LogP contribution >= 0.6 is 11.6 Å². The summed E-state index contributed by atoms with van der Waals surface area (Å²) < 4.78 is 43.8. The van der Waals surface area contributed by atoms with Crippen LogP contribution in [0.25, 0.3) is 0 Å². The van der Waals surface area contributed by atoms with Gasteiger partial charge >= 0.3 is 6.03 Å². The Balaban J connectivity index is 1.39. The molecule has 2 rings (SSSR count). The van der Waals surface area contributed by atoms with Gasteiger partial charge in [0.25, 0.3) is 11.8 Å². The second kappa shape index (κ2) is 37.2. The summed E-state index contributed by atoms with van der Waals surface area (Å²) in [6.07, 6.45) is 2.97. The maximum atomic E-state index is 13.3. The molecule has 67 heavy (non-hydrogen) atoms. The van der Waals surface area contributed by atoms with Crippen molar-refractivity contribution in [3.8, 4) is 0 Å². The van der Waals surface area contributed by atoms with Gasteiger partial charge in [-0.1, -0.05) is 26.0 Å². The van der Waals surface area contributed by atoms with Crippen LogP contribution in [-0.2, 0) is 72.5 Å². The van der Waals surface area contributed by atoms with E-state index in [4.69, 9.17) is 55.2 Å². The van der Waals surface area contributed by atoms with Gasteiger partial charge in [0.2, 0.25) is 23.6 Å². The van der Waals surface area contributed by atoms with Crippen molar-refractivity contribution in [1.82, 2.24) is 26.2 Å². The maximum absolute atomic E-state index is 13.3. The minimum absolute atomic E-state index is 0.0131. The van der Waals surface area contributed by atoms with Crippen molar-refractivity contribution >= 4 is 58.8 Å². The Morgan fingerprint density at radius 1 is 0.597 bits per heavy atom. The van der Waals surface area contributed by atoms with E-state index in [0.717, 1.165) is 10.5 Å². The third kappa shape index (κ3) is 28.9. The summed E-state index contributed by atoms with van der Waals surface area (Å²) in [5.74, 6) is -2.43. The molecule has 0 unspecified atom stereocenters. The van der Waals surface area contributed by atoms with Crippen molar-refractivity contribution < 1.29 is 71.5 Å². The molecule has 22 nitrogen and oxygen atoms in total. The lowest BCUT2D eigenvalue weighted by molar-refractivity contribution is -0.137. The Labute approximate surface area is 397 Å². The number of nitrogens with one attached hydrogen (secondary N) is 5. The zero-order valence-corrected chi connectivity index (χ0v) is 39.4. The Morgan fingerprint density at radius 3 is 1.54 bits per heavy atom. The summed E-state index contributed by atoms with van der Waals surface area (Å²) >= 11 is 5.86. The molecule has 0 saturated heterocycles. The van der Waals surface area contributed by atoms with Gasteiger partial charge in [0.1, 0.15) is 12.1 Å². The van der Waals surface area contributed by atoms with Crippen molar-refractivity contribution in [2.45, 2.75) is 57.5 Å². The Hall–Kier alpha value is -4.78. The molecule has 0 spiro atoms. The highest BCUT2D eigenvalue weighted by Crippen LogP contribution is 2.13. The van der Waals surface area contributed by atoms with E-state index in [1.54, 1.807) is 38.1 Å². The van der Waals surface area contributed by atoms with Crippen molar-refractivity contribution in [1.29, 1.82) is 0 Å². The highest BCUT2D eigenvalue weighted by molar-refractivity contribution is 6.17. The summed E-state index contributed by atoms with van der Waals surface area (Å²) in [7, 11) is 0. The van der Waals surface area contributed by atoms with Gasteiger partial charge in [0.05, 0.1) is 106 Å². The van der Waals surface area contributed by atoms with Crippen LogP contribution in [0.4, 0.5) is 10.5 Å². The Kier molecular flexibility index (Phi) is 32.4. The molecule has 0 saturated carbocycles. The molecule has 0 bridgehead atoms. The first-order chi connectivity index (χ1) is 32.4. The van der Waals surface area contributed by atoms with E-state index >= 15 is 0 Å². The maximum Gasteiger partial charge on any atom is 0.312 e. The smallest absolute Gasteiger partial charge is 0.312 e. The molecule has 0 radical (unpaired) electrons. The van der Waals surface area contributed by atoms with Gasteiger partial charge in [-0.15, -0.1) is 11.6 Å². The summed E-state index contributed by atoms with van der Waals surface area (Å²) in [4.78, 5) is 86.2. The zero-order valence-electron chi connectivity index (χ0n) is 38.7. The number of alkyl halides is 1. The standard InChI is InChI=1S/C44H70ClN7O15/c1-33(2)41(43(58)50-36(4-3-13-48-44(46)59)42(57)49-35-7-5-34(32-45)6-8-35)51-38(54)12-16-60-18-20-62-22-24-64-26-28-66-30-31-67-29-27-65-25-23-63-21-19-61-17-14-47-37(53)11-15-52-39(55)9-10-40(52)56/h5-10,33,36,41H,3-4,11-32H2,1-2H3,(H,47,53)(H,49,57)(H,50,58)(H,51,54)(H3,46,48,59)/t36-,41-/m0/s1. The number of hydrogen-bond acceptors (Lipinski definition) is 15. The van der Waals surface area contributed by atoms with Gasteiger partial charge in [0, 0.05) is 56.2 Å². The van der Waals surface area contributed by atoms with E-state index in [1.165, 1.54) is 12.2 Å². The molecule has 23 heteroatoms. The number of hydrogen-bond donors (Lipinski definition) is 6. The van der Waals surface area contributed by atoms with Gasteiger partial charge in [-0.05, 0) is 36.5 Å². The molecule has 7 N–H and O–H groups in total. The molecule has 1 aromatic rings. The number of urea groups is 1. The van der Waals surface area contributed by atoms with E-state index in [0.29, 0.717) is 117 Å². The first-order valence-corrected chi connectivity index (χ1v) is 23.0. The fourth-order valence-electron chi connectivity index (χ4n) is 5.76. The number of nitrogens with zero attached hydrogens (tertiary/aromatic N) is 1. The third-order valence-electron chi connectivity index (χ3n) is 9.35. The first kappa shape index (κ1) is 58.3. The fourth-order valence-corrected chi connectivity index (χ4v) is 5.94. The second-order valence-electron chi connectivity index (χ2n) is 15.0. The molecule has 378 valence electrons. The average molecular weight is 973 g/mol. The minimum atomic E-state index is -0.955. The number of carbonyl (C=O) groups excluding carboxylic acids is 7. The predicted octanol–water partition coefficient (Wildman–Crippen LogP) is 0.392. The molecule has 1 aliphatic heterocycles. The second-order valence-corrected chi connectivity index (χ2v) is 15.3. The molecule has 1 aliphatic rings. The predicted molar refractivity (Wildman–Crippen MR) is 245 cm³/mol. The number of carbonyl (C=O) groups is 7. The van der Waals surface area contributed by atoms with Crippen molar-refractivity contribution in [3.05, 3.63) is 42.0 Å². The van der Waals surface area contributed by atoms with Crippen LogP contribution in [0, 0.1) is 5.92 Å². The molecular formula is C44H70ClN7O15. The number of rotatable bonds is 41. The number of nitrogens with two attached hydrogens (primary N) is 1. The van der Waals surface area contributed by atoms with Crippen molar-refractivity contribution in [3.63, 3.8) is 0 Å². The fraction of sp³-hybridized carbons (Fsp3) is 0.659. The SMILES string of the molecule is CC(C)[C@H](NC(=O)CCOCCOCCOCCOCCOCCOCCOCCOCCNC(=O)CCN1C(=O)C=CC1=O)C(=O)N[C@@H](CCCNC(N)=O)C(=O)Nc1ccc(CCl)cc1. The lowest BCUT2D eigenvalue weighted by Gasteiger charge is -2.25. The van der Waals surface area contributed by atoms with E-state index in [1.807, 2.05) is 0 Å². The van der Waals surface area contributed by atoms with Crippen LogP contribution in [0.15, 0.2) is 36.4 Å². The van der Waals surface area contributed by atoms with Gasteiger partial charge in [0.15, 0.2) is 0 Å². The van der Waals surface area contributed by atoms with E-state index in [9.17, 15) is 33.6 Å². The molecule has 0 fully saturated rings. The van der Waals surface area contributed by atoms with Gasteiger partial charge in [-0.2, -0.15) is 0 Å².